The Bertz CT molecular complexity index is 434. The summed E-state index contributed by atoms with van der Waals surface area (Å²) in [6.07, 6.45) is 2.40. The van der Waals surface area contributed by atoms with Crippen LogP contribution in [0.5, 0.6) is 5.75 Å². The molecule has 1 aliphatic rings. The Balaban J connectivity index is 1.90. The summed E-state index contributed by atoms with van der Waals surface area (Å²) in [7, 11) is 1.61. The standard InChI is InChI=1S/C15H22N2O2/c1-3-17-9-5-7-13(17)11-16-15(18)12-6-4-8-14(10-12)19-2/h4,6,8,10,13H,3,5,7,9,11H2,1-2H3,(H,16,18)/i2-1. The summed E-state index contributed by atoms with van der Waals surface area (Å²) in [5, 5.41) is 3.02. The zero-order chi connectivity index (χ0) is 13.7. The van der Waals surface area contributed by atoms with Crippen LogP contribution in [0.15, 0.2) is 24.3 Å². The van der Waals surface area contributed by atoms with Gasteiger partial charge in [0.2, 0.25) is 0 Å². The van der Waals surface area contributed by atoms with E-state index >= 15 is 0 Å². The zero-order valence-corrected chi connectivity index (χ0v) is 11.7. The van der Waals surface area contributed by atoms with E-state index in [0.717, 1.165) is 19.6 Å². The Labute approximate surface area is 114 Å². The molecule has 19 heavy (non-hydrogen) atoms. The van der Waals surface area contributed by atoms with Gasteiger partial charge in [0.1, 0.15) is 5.75 Å². The third-order valence-corrected chi connectivity index (χ3v) is 3.74. The normalized spacial score (nSPS) is 19.4. The highest BCUT2D eigenvalue weighted by atomic mass is 16.4. The largest absolute Gasteiger partial charge is 0.497 e. The van der Waals surface area contributed by atoms with Gasteiger partial charge in [-0.1, -0.05) is 13.0 Å². The van der Waals surface area contributed by atoms with Crippen LogP contribution < -0.4 is 10.1 Å². The minimum Gasteiger partial charge on any atom is -0.497 e. The lowest BCUT2D eigenvalue weighted by atomic mass is 10.1. The van der Waals surface area contributed by atoms with Crippen LogP contribution in [0.2, 0.25) is 0 Å². The maximum atomic E-state index is 12.1. The summed E-state index contributed by atoms with van der Waals surface area (Å²) in [6.45, 7) is 5.10. The van der Waals surface area contributed by atoms with Gasteiger partial charge in [-0.2, -0.15) is 0 Å². The Kier molecular flexibility index (Phi) is 4.80. The average molecular weight is 261 g/mol. The summed E-state index contributed by atoms with van der Waals surface area (Å²) < 4.78 is 5.13. The van der Waals surface area contributed by atoms with E-state index in [1.165, 1.54) is 12.8 Å². The molecule has 1 aliphatic heterocycles. The molecule has 1 aromatic rings. The Morgan fingerprint density at radius 3 is 3.11 bits per heavy atom. The van der Waals surface area contributed by atoms with E-state index < -0.39 is 0 Å². The lowest BCUT2D eigenvalue weighted by Crippen LogP contribution is -2.40. The molecular formula is C15H22N2O2. The number of nitrogens with zero attached hydrogens (tertiary/aromatic N) is 1. The Hall–Kier alpha value is -1.55. The zero-order valence-electron chi connectivity index (χ0n) is 11.7. The topological polar surface area (TPSA) is 41.6 Å². The lowest BCUT2D eigenvalue weighted by Gasteiger charge is -2.22. The second-order valence-electron chi connectivity index (χ2n) is 4.87. The van der Waals surface area contributed by atoms with Crippen molar-refractivity contribution in [1.29, 1.82) is 0 Å². The van der Waals surface area contributed by atoms with Crippen LogP contribution in [0.4, 0.5) is 0 Å². The Morgan fingerprint density at radius 2 is 2.37 bits per heavy atom. The van der Waals surface area contributed by atoms with Gasteiger partial charge in [-0.25, -0.2) is 0 Å². The van der Waals surface area contributed by atoms with E-state index in [4.69, 9.17) is 4.74 Å². The third-order valence-electron chi connectivity index (χ3n) is 3.74. The SMILES string of the molecule is CCN1CCCC1CNC(=O)c1cccc(O[11CH3])c1. The van der Waals surface area contributed by atoms with Gasteiger partial charge in [0.05, 0.1) is 7.11 Å². The quantitative estimate of drug-likeness (QED) is 0.880. The summed E-state index contributed by atoms with van der Waals surface area (Å²) in [6, 6.07) is 7.74. The molecule has 0 spiro atoms. The molecule has 1 atom stereocenters. The maximum absolute atomic E-state index is 12.1. The molecule has 0 radical (unpaired) electrons. The first-order valence-corrected chi connectivity index (χ1v) is 6.91. The van der Waals surface area contributed by atoms with Gasteiger partial charge in [0.25, 0.3) is 5.91 Å². The van der Waals surface area contributed by atoms with E-state index in [1.807, 2.05) is 18.2 Å². The number of carbonyl (C=O) groups is 1. The number of nitrogens with one attached hydrogen (secondary N) is 1. The summed E-state index contributed by atoms with van der Waals surface area (Å²) >= 11 is 0. The fourth-order valence-electron chi connectivity index (χ4n) is 2.62. The van der Waals surface area contributed by atoms with Crippen molar-refractivity contribution in [2.24, 2.45) is 0 Å². The summed E-state index contributed by atoms with van der Waals surface area (Å²) in [4.78, 5) is 14.5. The van der Waals surface area contributed by atoms with Crippen LogP contribution in [-0.4, -0.2) is 43.6 Å². The number of carbonyl (C=O) groups excluding carboxylic acids is 1. The molecule has 0 aromatic heterocycles. The predicted molar refractivity (Wildman–Crippen MR) is 75.6 cm³/mol. The molecule has 1 amide bonds. The first kappa shape index (κ1) is 13.9. The van der Waals surface area contributed by atoms with Crippen LogP contribution in [-0.2, 0) is 0 Å². The molecule has 0 bridgehead atoms. The molecule has 1 unspecified atom stereocenters. The van der Waals surface area contributed by atoms with E-state index in [2.05, 4.69) is 17.1 Å². The number of amides is 1. The van der Waals surface area contributed by atoms with Gasteiger partial charge in [-0.15, -0.1) is 0 Å². The number of likely N-dealkylation sites (N-methyl/N-ethyl adjacent to an activating group) is 1. The van der Waals surface area contributed by atoms with Crippen LogP contribution >= 0.6 is 0 Å². The van der Waals surface area contributed by atoms with E-state index in [-0.39, 0.29) is 5.91 Å². The molecule has 0 saturated carbocycles. The number of methoxy groups -OCH3 is 1. The predicted octanol–water partition coefficient (Wildman–Crippen LogP) is 1.91. The van der Waals surface area contributed by atoms with Crippen LogP contribution in [0.25, 0.3) is 0 Å². The van der Waals surface area contributed by atoms with Crippen molar-refractivity contribution >= 4 is 5.91 Å². The molecule has 1 heterocycles. The molecular weight excluding hydrogens is 239 g/mol. The first-order valence-electron chi connectivity index (χ1n) is 6.91. The number of hydrogen-bond acceptors (Lipinski definition) is 3. The molecule has 1 fully saturated rings. The van der Waals surface area contributed by atoms with E-state index in [0.29, 0.717) is 17.4 Å². The smallest absolute Gasteiger partial charge is 0.251 e. The van der Waals surface area contributed by atoms with Gasteiger partial charge >= 0.3 is 0 Å². The summed E-state index contributed by atoms with van der Waals surface area (Å²) in [5.41, 5.74) is 0.653. The number of likely N-dealkylation sites (tertiary alicyclic amines) is 1. The highest BCUT2D eigenvalue weighted by molar-refractivity contribution is 5.94. The Morgan fingerprint density at radius 1 is 1.53 bits per heavy atom. The first-order chi connectivity index (χ1) is 9.24. The van der Waals surface area contributed by atoms with Gasteiger partial charge in [0, 0.05) is 18.2 Å². The minimum atomic E-state index is -0.0261. The van der Waals surface area contributed by atoms with Crippen molar-refractivity contribution in [2.75, 3.05) is 26.7 Å². The van der Waals surface area contributed by atoms with Gasteiger partial charge in [0.15, 0.2) is 0 Å². The van der Waals surface area contributed by atoms with Crippen molar-refractivity contribution < 1.29 is 9.53 Å². The average Bonchev–Trinajstić information content (AvgIpc) is 2.92. The number of ether oxygens (including phenoxy) is 1. The van der Waals surface area contributed by atoms with Crippen molar-refractivity contribution in [3.05, 3.63) is 29.8 Å². The number of rotatable bonds is 5. The lowest BCUT2D eigenvalue weighted by molar-refractivity contribution is 0.0941. The van der Waals surface area contributed by atoms with Crippen LogP contribution in [0.1, 0.15) is 30.1 Å². The van der Waals surface area contributed by atoms with E-state index in [9.17, 15) is 4.79 Å². The highest BCUT2D eigenvalue weighted by Crippen LogP contribution is 2.16. The number of benzene rings is 1. The van der Waals surface area contributed by atoms with Crippen molar-refractivity contribution in [3.63, 3.8) is 0 Å². The molecule has 1 saturated heterocycles. The molecule has 0 aliphatic carbocycles. The maximum Gasteiger partial charge on any atom is 0.251 e. The fourth-order valence-corrected chi connectivity index (χ4v) is 2.62. The molecule has 1 N–H and O–H groups in total. The molecule has 1 aromatic carbocycles. The molecule has 4 heteroatoms. The highest BCUT2D eigenvalue weighted by Gasteiger charge is 2.23. The van der Waals surface area contributed by atoms with Crippen molar-refractivity contribution in [3.8, 4) is 5.75 Å². The van der Waals surface area contributed by atoms with E-state index in [1.54, 1.807) is 13.2 Å². The van der Waals surface area contributed by atoms with Crippen molar-refractivity contribution in [2.45, 2.75) is 25.8 Å². The third kappa shape index (κ3) is 3.47. The van der Waals surface area contributed by atoms with Crippen LogP contribution in [0.3, 0.4) is 0 Å². The van der Waals surface area contributed by atoms with Gasteiger partial charge in [-0.3, -0.25) is 9.69 Å². The fraction of sp³-hybridized carbons (Fsp3) is 0.533. The monoisotopic (exact) mass is 261 g/mol. The molecule has 2 rings (SSSR count). The second-order valence-corrected chi connectivity index (χ2v) is 4.87. The minimum absolute atomic E-state index is 0.0261. The number of hydrogen-bond donors (Lipinski definition) is 1. The molecule has 104 valence electrons. The van der Waals surface area contributed by atoms with Crippen LogP contribution in [0, 0.1) is 0 Å². The second kappa shape index (κ2) is 6.57. The van der Waals surface area contributed by atoms with Crippen molar-refractivity contribution in [1.82, 2.24) is 10.2 Å². The van der Waals surface area contributed by atoms with Gasteiger partial charge < -0.3 is 10.1 Å². The summed E-state index contributed by atoms with van der Waals surface area (Å²) in [5.74, 6) is 0.686. The van der Waals surface area contributed by atoms with Gasteiger partial charge in [-0.05, 0) is 44.1 Å². The molecule has 4 nitrogen and oxygen atoms in total.